The van der Waals surface area contributed by atoms with Gasteiger partial charge in [-0.1, -0.05) is 30.3 Å². The van der Waals surface area contributed by atoms with Crippen molar-refractivity contribution in [2.75, 3.05) is 6.54 Å². The summed E-state index contributed by atoms with van der Waals surface area (Å²) in [5, 5.41) is 10.9. The molecule has 0 fully saturated rings. The number of carboxylic acids is 1. The smallest absolute Gasteiger partial charge is 0.422 e. The van der Waals surface area contributed by atoms with E-state index in [0.717, 1.165) is 5.56 Å². The van der Waals surface area contributed by atoms with Crippen molar-refractivity contribution in [2.24, 2.45) is 0 Å². The predicted octanol–water partition coefficient (Wildman–Crippen LogP) is 0.397. The van der Waals surface area contributed by atoms with E-state index >= 15 is 0 Å². The van der Waals surface area contributed by atoms with E-state index < -0.39 is 35.4 Å². The van der Waals surface area contributed by atoms with Gasteiger partial charge in [-0.25, -0.2) is 15.0 Å². The number of hydrogen-bond donors (Lipinski definition) is 4. The number of hydrazine groups is 1. The zero-order valence-corrected chi connectivity index (χ0v) is 14.9. The fraction of sp³-hybridized carbons (Fsp3) is 0.412. The van der Waals surface area contributed by atoms with Gasteiger partial charge in [0, 0.05) is 0 Å². The number of carboxylic acid groups (broad SMARTS) is 1. The minimum Gasteiger partial charge on any atom is -0.474 e. The van der Waals surface area contributed by atoms with E-state index in [1.807, 2.05) is 0 Å². The highest BCUT2D eigenvalue weighted by Gasteiger charge is 2.24. The molecule has 1 unspecified atom stereocenters. The molecule has 2 amide bonds. The third-order valence-electron chi connectivity index (χ3n) is 3.02. The Kier molecular flexibility index (Phi) is 7.73. The number of carbonyl (C=O) groups is 4. The number of amides is 2. The van der Waals surface area contributed by atoms with Crippen LogP contribution >= 0.6 is 0 Å². The largest absolute Gasteiger partial charge is 0.474 e. The van der Waals surface area contributed by atoms with Gasteiger partial charge in [0.25, 0.3) is 0 Å². The second-order valence-corrected chi connectivity index (χ2v) is 6.47. The molecule has 0 heterocycles. The van der Waals surface area contributed by atoms with Crippen molar-refractivity contribution >= 4 is 23.8 Å². The van der Waals surface area contributed by atoms with Crippen LogP contribution < -0.4 is 16.2 Å². The van der Waals surface area contributed by atoms with Crippen LogP contribution in [0.1, 0.15) is 26.3 Å². The highest BCUT2D eigenvalue weighted by atomic mass is 16.6. The Bertz CT molecular complexity index is 654. The van der Waals surface area contributed by atoms with Gasteiger partial charge in [0.2, 0.25) is 0 Å². The summed E-state index contributed by atoms with van der Waals surface area (Å²) in [6.45, 7) is 4.75. The lowest BCUT2D eigenvalue weighted by atomic mass is 10.0. The first-order valence-electron chi connectivity index (χ1n) is 7.91. The standard InChI is InChI=1S/C17H23N3O6/c1-17(2,3)26-16(25)20-18-10-13(21)12(19-14(22)15(23)24)9-11-7-5-4-6-8-11/h4-8,12,18H,9-10H2,1-3H3,(H,19,22)(H,20,25)(H,23,24). The van der Waals surface area contributed by atoms with E-state index in [2.05, 4.69) is 16.2 Å². The Balaban J connectivity index is 2.64. The van der Waals surface area contributed by atoms with E-state index in [1.54, 1.807) is 51.1 Å². The van der Waals surface area contributed by atoms with Gasteiger partial charge in [-0.3, -0.25) is 15.0 Å². The van der Waals surface area contributed by atoms with Gasteiger partial charge in [0.1, 0.15) is 5.60 Å². The zero-order valence-electron chi connectivity index (χ0n) is 14.9. The van der Waals surface area contributed by atoms with E-state index in [4.69, 9.17) is 9.84 Å². The van der Waals surface area contributed by atoms with Crippen LogP contribution in [0, 0.1) is 0 Å². The molecule has 4 N–H and O–H groups in total. The molecule has 0 radical (unpaired) electrons. The molecule has 0 aliphatic heterocycles. The van der Waals surface area contributed by atoms with Crippen molar-refractivity contribution < 1.29 is 29.0 Å². The summed E-state index contributed by atoms with van der Waals surface area (Å²) in [7, 11) is 0. The summed E-state index contributed by atoms with van der Waals surface area (Å²) in [6.07, 6.45) is -0.647. The van der Waals surface area contributed by atoms with Gasteiger partial charge < -0.3 is 15.2 Å². The van der Waals surface area contributed by atoms with E-state index in [-0.39, 0.29) is 13.0 Å². The highest BCUT2D eigenvalue weighted by molar-refractivity contribution is 6.32. The Labute approximate surface area is 151 Å². The number of carbonyl (C=O) groups excluding carboxylic acids is 3. The number of hydrogen-bond acceptors (Lipinski definition) is 6. The molecule has 1 aromatic rings. The van der Waals surface area contributed by atoms with Crippen molar-refractivity contribution in [3.8, 4) is 0 Å². The van der Waals surface area contributed by atoms with Gasteiger partial charge >= 0.3 is 18.0 Å². The van der Waals surface area contributed by atoms with Crippen LogP contribution in [-0.4, -0.2) is 47.0 Å². The molecule has 0 aromatic heterocycles. The van der Waals surface area contributed by atoms with Gasteiger partial charge in [-0.05, 0) is 32.8 Å². The van der Waals surface area contributed by atoms with E-state index in [0.29, 0.717) is 0 Å². The molecule has 1 rings (SSSR count). The number of benzene rings is 1. The van der Waals surface area contributed by atoms with E-state index in [9.17, 15) is 19.2 Å². The average Bonchev–Trinajstić information content (AvgIpc) is 2.53. The van der Waals surface area contributed by atoms with Gasteiger partial charge in [0.15, 0.2) is 5.78 Å². The third-order valence-corrected chi connectivity index (χ3v) is 3.02. The van der Waals surface area contributed by atoms with E-state index in [1.165, 1.54) is 0 Å². The lowest BCUT2D eigenvalue weighted by Crippen LogP contribution is -2.51. The molecule has 9 nitrogen and oxygen atoms in total. The molecular weight excluding hydrogens is 342 g/mol. The van der Waals surface area contributed by atoms with Crippen molar-refractivity contribution in [3.05, 3.63) is 35.9 Å². The first kappa shape index (κ1) is 21.1. The van der Waals surface area contributed by atoms with Crippen LogP contribution in [0.15, 0.2) is 30.3 Å². The number of ether oxygens (including phenoxy) is 1. The molecular formula is C17H23N3O6. The SMILES string of the molecule is CC(C)(C)OC(=O)NNCC(=O)C(Cc1ccccc1)NC(=O)C(=O)O. The van der Waals surface area contributed by atoms with Crippen LogP contribution in [0.25, 0.3) is 0 Å². The Hall–Kier alpha value is -2.94. The summed E-state index contributed by atoms with van der Waals surface area (Å²) in [4.78, 5) is 46.0. The Morgan fingerprint density at radius 2 is 1.73 bits per heavy atom. The second-order valence-electron chi connectivity index (χ2n) is 6.47. The summed E-state index contributed by atoms with van der Waals surface area (Å²) in [5.41, 5.74) is 4.66. The first-order valence-corrected chi connectivity index (χ1v) is 7.91. The maximum Gasteiger partial charge on any atom is 0.422 e. The molecule has 1 atom stereocenters. The topological polar surface area (TPSA) is 134 Å². The maximum atomic E-state index is 12.3. The molecule has 142 valence electrons. The minimum absolute atomic E-state index is 0.118. The fourth-order valence-electron chi connectivity index (χ4n) is 1.95. The van der Waals surface area contributed by atoms with Crippen LogP contribution in [0.2, 0.25) is 0 Å². The highest BCUT2D eigenvalue weighted by Crippen LogP contribution is 2.06. The van der Waals surface area contributed by atoms with Crippen LogP contribution in [-0.2, 0) is 25.5 Å². The Morgan fingerprint density at radius 3 is 2.27 bits per heavy atom. The molecule has 9 heteroatoms. The van der Waals surface area contributed by atoms with Crippen LogP contribution in [0.3, 0.4) is 0 Å². The number of aliphatic carboxylic acids is 1. The number of ketones is 1. The summed E-state index contributed by atoms with van der Waals surface area (Å²) >= 11 is 0. The van der Waals surface area contributed by atoms with Crippen molar-refractivity contribution in [1.82, 2.24) is 16.2 Å². The second kappa shape index (κ2) is 9.52. The average molecular weight is 365 g/mol. The normalized spacial score (nSPS) is 12.0. The minimum atomic E-state index is -1.68. The van der Waals surface area contributed by atoms with Crippen molar-refractivity contribution in [1.29, 1.82) is 0 Å². The number of Topliss-reactive ketones (excluding diaryl/α,β-unsaturated/α-hetero) is 1. The summed E-state index contributed by atoms with van der Waals surface area (Å²) in [5.74, 6) is -3.46. The van der Waals surface area contributed by atoms with Gasteiger partial charge in [0.05, 0.1) is 12.6 Å². The maximum absolute atomic E-state index is 12.3. The lowest BCUT2D eigenvalue weighted by molar-refractivity contribution is -0.150. The molecule has 1 aromatic carbocycles. The Morgan fingerprint density at radius 1 is 1.12 bits per heavy atom. The van der Waals surface area contributed by atoms with Gasteiger partial charge in [-0.2, -0.15) is 0 Å². The van der Waals surface area contributed by atoms with Gasteiger partial charge in [-0.15, -0.1) is 0 Å². The molecule has 26 heavy (non-hydrogen) atoms. The fourth-order valence-corrected chi connectivity index (χ4v) is 1.95. The molecule has 0 aliphatic rings. The summed E-state index contributed by atoms with van der Waals surface area (Å²) < 4.78 is 5.00. The van der Waals surface area contributed by atoms with Crippen LogP contribution in [0.5, 0.6) is 0 Å². The summed E-state index contributed by atoms with van der Waals surface area (Å²) in [6, 6.07) is 7.76. The molecule has 0 spiro atoms. The first-order chi connectivity index (χ1) is 12.1. The van der Waals surface area contributed by atoms with Crippen molar-refractivity contribution in [2.45, 2.75) is 38.8 Å². The zero-order chi connectivity index (χ0) is 19.7. The van der Waals surface area contributed by atoms with Crippen molar-refractivity contribution in [3.63, 3.8) is 0 Å². The molecule has 0 saturated heterocycles. The number of nitrogens with one attached hydrogen (secondary N) is 3. The molecule has 0 saturated carbocycles. The monoisotopic (exact) mass is 365 g/mol. The molecule has 0 bridgehead atoms. The number of rotatable bonds is 7. The molecule has 0 aliphatic carbocycles. The quantitative estimate of drug-likeness (QED) is 0.406. The van der Waals surface area contributed by atoms with Crippen LogP contribution in [0.4, 0.5) is 4.79 Å². The third kappa shape index (κ3) is 8.25. The lowest BCUT2D eigenvalue weighted by Gasteiger charge is -2.20. The predicted molar refractivity (Wildman–Crippen MR) is 92.1 cm³/mol.